The molecule has 3 atom stereocenters. The molecule has 0 spiro atoms. The largest absolute Gasteiger partial charge is 0.472 e. The van der Waals surface area contributed by atoms with Crippen molar-refractivity contribution in [1.82, 2.24) is 5.32 Å². The molecule has 0 aliphatic carbocycles. The van der Waals surface area contributed by atoms with E-state index in [9.17, 15) is 19.4 Å². The van der Waals surface area contributed by atoms with Crippen LogP contribution >= 0.6 is 7.82 Å². The number of aliphatic hydroxyl groups excluding tert-OH is 1. The molecule has 5 N–H and O–H groups in total. The highest BCUT2D eigenvalue weighted by atomic mass is 31.2. The van der Waals surface area contributed by atoms with Crippen LogP contribution in [-0.4, -0.2) is 47.8 Å². The van der Waals surface area contributed by atoms with Crippen LogP contribution in [0.3, 0.4) is 0 Å². The highest BCUT2D eigenvalue weighted by molar-refractivity contribution is 7.47. The van der Waals surface area contributed by atoms with Gasteiger partial charge in [0.2, 0.25) is 5.91 Å². The van der Waals surface area contributed by atoms with Crippen LogP contribution in [0.4, 0.5) is 0 Å². The van der Waals surface area contributed by atoms with Gasteiger partial charge in [-0.3, -0.25) is 13.8 Å². The molecule has 0 saturated carbocycles. The van der Waals surface area contributed by atoms with E-state index in [-0.39, 0.29) is 25.7 Å². The van der Waals surface area contributed by atoms with Crippen LogP contribution < -0.4 is 11.1 Å². The van der Waals surface area contributed by atoms with E-state index in [4.69, 9.17) is 14.8 Å². The fourth-order valence-corrected chi connectivity index (χ4v) is 5.66. The SMILES string of the molecule is CC/C=C\C/C=C\C/C=C\C/C=C\CCCCCCCCCCC(=O)NC(COP(=O)(O)OCCN)C(O)/C=C/CC/C=C/CCCCC. The number of hydrogen-bond donors (Lipinski definition) is 4. The minimum absolute atomic E-state index is 0.0686. The monoisotopic (exact) mass is 707 g/mol. The zero-order valence-corrected chi connectivity index (χ0v) is 31.8. The molecule has 0 radical (unpaired) electrons. The average molecular weight is 707 g/mol. The van der Waals surface area contributed by atoms with Crippen molar-refractivity contribution in [2.75, 3.05) is 19.8 Å². The molecule has 0 bridgehead atoms. The highest BCUT2D eigenvalue weighted by Crippen LogP contribution is 2.43. The normalized spacial score (nSPS) is 15.1. The van der Waals surface area contributed by atoms with Gasteiger partial charge in [0.15, 0.2) is 0 Å². The van der Waals surface area contributed by atoms with Crippen LogP contribution in [0.15, 0.2) is 72.9 Å². The van der Waals surface area contributed by atoms with Crippen molar-refractivity contribution in [2.24, 2.45) is 5.73 Å². The number of hydrogen-bond acceptors (Lipinski definition) is 6. The number of aliphatic hydroxyl groups is 1. The minimum atomic E-state index is -4.34. The summed E-state index contributed by atoms with van der Waals surface area (Å²) in [5, 5.41) is 13.5. The quantitative estimate of drug-likeness (QED) is 0.0298. The number of nitrogens with two attached hydrogens (primary N) is 1. The van der Waals surface area contributed by atoms with Crippen LogP contribution in [0.1, 0.15) is 142 Å². The van der Waals surface area contributed by atoms with Gasteiger partial charge >= 0.3 is 7.82 Å². The Morgan fingerprint density at radius 1 is 0.694 bits per heavy atom. The second-order valence-electron chi connectivity index (χ2n) is 12.4. The van der Waals surface area contributed by atoms with Crippen LogP contribution in [-0.2, 0) is 18.4 Å². The van der Waals surface area contributed by atoms with E-state index in [1.54, 1.807) is 6.08 Å². The average Bonchev–Trinajstić information content (AvgIpc) is 3.09. The lowest BCUT2D eigenvalue weighted by Crippen LogP contribution is -2.45. The lowest BCUT2D eigenvalue weighted by molar-refractivity contribution is -0.123. The Kier molecular flexibility index (Phi) is 34.3. The number of phosphoric acid groups is 1. The number of nitrogens with one attached hydrogen (secondary N) is 1. The van der Waals surface area contributed by atoms with Gasteiger partial charge in [-0.05, 0) is 70.6 Å². The standard InChI is InChI=1S/C40H71N2O6P/c1-3-5-7-9-11-13-14-15-16-17-18-19-20-21-22-23-24-26-28-30-32-34-40(44)42-38(37-48-49(45,46)47-36-35-41)39(43)33-31-29-27-25-12-10-8-6-4-2/h5,7,11-13,15-16,18-19,25,31,33,38-39,43H,3-4,6,8-10,14,17,20-24,26-30,32,34-37,41H2,1-2H3,(H,42,44)(H,45,46)/b7-5-,13-11-,16-15-,19-18-,25-12+,33-31+. The Morgan fingerprint density at radius 2 is 1.20 bits per heavy atom. The number of amides is 1. The molecule has 0 rings (SSSR count). The van der Waals surface area contributed by atoms with Gasteiger partial charge in [-0.2, -0.15) is 0 Å². The van der Waals surface area contributed by atoms with Gasteiger partial charge in [0, 0.05) is 13.0 Å². The maximum Gasteiger partial charge on any atom is 0.472 e. The second kappa shape index (κ2) is 35.8. The molecule has 0 saturated heterocycles. The Balaban J connectivity index is 4.23. The minimum Gasteiger partial charge on any atom is -0.387 e. The number of rotatable bonds is 34. The Morgan fingerprint density at radius 3 is 1.82 bits per heavy atom. The van der Waals surface area contributed by atoms with Gasteiger partial charge in [0.1, 0.15) is 0 Å². The number of unbranched alkanes of at least 4 members (excludes halogenated alkanes) is 12. The molecule has 1 amide bonds. The molecule has 3 unspecified atom stereocenters. The highest BCUT2D eigenvalue weighted by Gasteiger charge is 2.26. The predicted molar refractivity (Wildman–Crippen MR) is 207 cm³/mol. The number of carbonyl (C=O) groups excluding carboxylic acids is 1. The maximum absolute atomic E-state index is 12.7. The van der Waals surface area contributed by atoms with Crippen LogP contribution in [0.25, 0.3) is 0 Å². The third-order valence-electron chi connectivity index (χ3n) is 7.77. The molecule has 0 aromatic heterocycles. The fraction of sp³-hybridized carbons (Fsp3) is 0.675. The topological polar surface area (TPSA) is 131 Å². The Bertz CT molecular complexity index is 991. The summed E-state index contributed by atoms with van der Waals surface area (Å²) in [5.74, 6) is -0.220. The third-order valence-corrected chi connectivity index (χ3v) is 8.75. The van der Waals surface area contributed by atoms with E-state index >= 15 is 0 Å². The van der Waals surface area contributed by atoms with Gasteiger partial charge in [0.05, 0.1) is 25.4 Å². The second-order valence-corrected chi connectivity index (χ2v) is 13.8. The van der Waals surface area contributed by atoms with Gasteiger partial charge < -0.3 is 21.1 Å². The van der Waals surface area contributed by atoms with Crippen LogP contribution in [0, 0.1) is 0 Å². The zero-order chi connectivity index (χ0) is 36.1. The molecule has 49 heavy (non-hydrogen) atoms. The molecule has 8 nitrogen and oxygen atoms in total. The molecule has 0 aliphatic rings. The summed E-state index contributed by atoms with van der Waals surface area (Å²) in [6.07, 6.45) is 45.3. The molecular formula is C40H71N2O6P. The lowest BCUT2D eigenvalue weighted by atomic mass is 10.1. The summed E-state index contributed by atoms with van der Waals surface area (Å²) in [7, 11) is -4.34. The third kappa shape index (κ3) is 34.2. The Hall–Kier alpha value is -2.06. The van der Waals surface area contributed by atoms with E-state index in [2.05, 4.69) is 79.9 Å². The first-order valence-electron chi connectivity index (χ1n) is 19.1. The van der Waals surface area contributed by atoms with Crippen molar-refractivity contribution in [3.63, 3.8) is 0 Å². The van der Waals surface area contributed by atoms with Crippen molar-refractivity contribution in [1.29, 1.82) is 0 Å². The van der Waals surface area contributed by atoms with Gasteiger partial charge in [0.25, 0.3) is 0 Å². The van der Waals surface area contributed by atoms with E-state index in [1.807, 2.05) is 6.08 Å². The molecular weight excluding hydrogens is 635 g/mol. The summed E-state index contributed by atoms with van der Waals surface area (Å²) in [6, 6.07) is -0.882. The first-order chi connectivity index (χ1) is 23.9. The van der Waals surface area contributed by atoms with E-state index in [1.165, 1.54) is 44.9 Å². The van der Waals surface area contributed by atoms with Crippen LogP contribution in [0.2, 0.25) is 0 Å². The van der Waals surface area contributed by atoms with E-state index in [0.29, 0.717) is 6.42 Å². The van der Waals surface area contributed by atoms with Crippen molar-refractivity contribution >= 4 is 13.7 Å². The number of allylic oxidation sites excluding steroid dienone is 11. The molecule has 0 aromatic carbocycles. The van der Waals surface area contributed by atoms with Gasteiger partial charge in [-0.1, -0.05) is 138 Å². The number of carbonyl (C=O) groups is 1. The van der Waals surface area contributed by atoms with Crippen molar-refractivity contribution in [3.8, 4) is 0 Å². The molecule has 0 heterocycles. The predicted octanol–water partition coefficient (Wildman–Crippen LogP) is 10.1. The van der Waals surface area contributed by atoms with Gasteiger partial charge in [-0.15, -0.1) is 0 Å². The van der Waals surface area contributed by atoms with E-state index in [0.717, 1.165) is 77.0 Å². The summed E-state index contributed by atoms with van der Waals surface area (Å²) in [4.78, 5) is 22.6. The van der Waals surface area contributed by atoms with Crippen molar-refractivity contribution in [3.05, 3.63) is 72.9 Å². The molecule has 0 aliphatic heterocycles. The first kappa shape index (κ1) is 46.9. The smallest absolute Gasteiger partial charge is 0.387 e. The lowest BCUT2D eigenvalue weighted by Gasteiger charge is -2.23. The molecule has 0 fully saturated rings. The van der Waals surface area contributed by atoms with Crippen molar-refractivity contribution in [2.45, 2.75) is 154 Å². The summed E-state index contributed by atoms with van der Waals surface area (Å²) in [5.41, 5.74) is 5.34. The fourth-order valence-electron chi connectivity index (χ4n) is 4.90. The zero-order valence-electron chi connectivity index (χ0n) is 30.9. The summed E-state index contributed by atoms with van der Waals surface area (Å²) in [6.45, 7) is 3.91. The number of phosphoric ester groups is 1. The first-order valence-corrected chi connectivity index (χ1v) is 20.6. The molecule has 9 heteroatoms. The van der Waals surface area contributed by atoms with Crippen LogP contribution in [0.5, 0.6) is 0 Å². The molecule has 282 valence electrons. The Labute approximate surface area is 299 Å². The molecule has 0 aromatic rings. The summed E-state index contributed by atoms with van der Waals surface area (Å²) >= 11 is 0. The van der Waals surface area contributed by atoms with E-state index < -0.39 is 20.0 Å². The van der Waals surface area contributed by atoms with Crippen molar-refractivity contribution < 1.29 is 28.4 Å². The summed E-state index contributed by atoms with van der Waals surface area (Å²) < 4.78 is 22.0. The maximum atomic E-state index is 12.7. The van der Waals surface area contributed by atoms with Gasteiger partial charge in [-0.25, -0.2) is 4.57 Å².